The van der Waals surface area contributed by atoms with Crippen molar-refractivity contribution in [3.63, 3.8) is 0 Å². The number of hydrogen-bond acceptors (Lipinski definition) is 4. The summed E-state index contributed by atoms with van der Waals surface area (Å²) in [5.74, 6) is -1.67. The third kappa shape index (κ3) is 5.83. The number of benzene rings is 1. The van der Waals surface area contributed by atoms with Crippen LogP contribution in [0.2, 0.25) is 0 Å². The van der Waals surface area contributed by atoms with E-state index in [0.29, 0.717) is 26.2 Å². The Hall–Kier alpha value is -2.32. The molecule has 0 unspecified atom stereocenters. The van der Waals surface area contributed by atoms with Gasteiger partial charge in [-0.1, -0.05) is 6.92 Å². The molecule has 0 saturated carbocycles. The van der Waals surface area contributed by atoms with Crippen LogP contribution in [0.25, 0.3) is 0 Å². The van der Waals surface area contributed by atoms with Gasteiger partial charge in [-0.15, -0.1) is 12.4 Å². The average molecular weight is 430 g/mol. The Morgan fingerprint density at radius 1 is 1.28 bits per heavy atom. The molecule has 0 radical (unpaired) electrons. The van der Waals surface area contributed by atoms with Gasteiger partial charge in [0.05, 0.1) is 12.1 Å². The zero-order valence-electron chi connectivity index (χ0n) is 16.3. The van der Waals surface area contributed by atoms with E-state index in [1.807, 2.05) is 36.0 Å². The highest BCUT2D eigenvalue weighted by Gasteiger charge is 2.27. The molecule has 1 saturated heterocycles. The zero-order valence-corrected chi connectivity index (χ0v) is 17.1. The summed E-state index contributed by atoms with van der Waals surface area (Å²) in [7, 11) is 0. The second-order valence-corrected chi connectivity index (χ2v) is 6.62. The SMILES string of the molecule is CC[C@@H]1CNCCN1C(=O)OCc1c(F)ccc(OCCn2cccc2)c1F.Cl. The average Bonchev–Trinajstić information content (AvgIpc) is 3.23. The minimum Gasteiger partial charge on any atom is -0.489 e. The van der Waals surface area contributed by atoms with Gasteiger partial charge in [-0.3, -0.25) is 0 Å². The summed E-state index contributed by atoms with van der Waals surface area (Å²) in [5.41, 5.74) is -0.310. The van der Waals surface area contributed by atoms with E-state index in [2.05, 4.69) is 5.32 Å². The third-order valence-corrected chi connectivity index (χ3v) is 4.82. The molecule has 0 aliphatic carbocycles. The van der Waals surface area contributed by atoms with Crippen molar-refractivity contribution in [2.75, 3.05) is 26.2 Å². The molecule has 160 valence electrons. The van der Waals surface area contributed by atoms with E-state index in [1.54, 1.807) is 4.90 Å². The molecule has 9 heteroatoms. The second-order valence-electron chi connectivity index (χ2n) is 6.62. The van der Waals surface area contributed by atoms with Crippen molar-refractivity contribution in [3.8, 4) is 5.75 Å². The van der Waals surface area contributed by atoms with Gasteiger partial charge in [0.25, 0.3) is 0 Å². The molecule has 6 nitrogen and oxygen atoms in total. The van der Waals surface area contributed by atoms with Crippen LogP contribution in [0, 0.1) is 11.6 Å². The minimum atomic E-state index is -0.840. The molecule has 1 amide bonds. The van der Waals surface area contributed by atoms with Gasteiger partial charge in [-0.25, -0.2) is 13.6 Å². The number of nitrogens with one attached hydrogen (secondary N) is 1. The van der Waals surface area contributed by atoms with Crippen LogP contribution in [0.5, 0.6) is 5.75 Å². The first-order chi connectivity index (χ1) is 13.6. The van der Waals surface area contributed by atoms with Crippen molar-refractivity contribution >= 4 is 18.5 Å². The molecule has 0 spiro atoms. The van der Waals surface area contributed by atoms with E-state index in [0.717, 1.165) is 12.5 Å². The topological polar surface area (TPSA) is 55.7 Å². The normalized spacial score (nSPS) is 16.2. The highest BCUT2D eigenvalue weighted by Crippen LogP contribution is 2.24. The van der Waals surface area contributed by atoms with E-state index in [4.69, 9.17) is 9.47 Å². The van der Waals surface area contributed by atoms with E-state index < -0.39 is 24.3 Å². The van der Waals surface area contributed by atoms with Crippen LogP contribution in [-0.4, -0.2) is 47.8 Å². The van der Waals surface area contributed by atoms with Crippen molar-refractivity contribution in [3.05, 3.63) is 53.9 Å². The number of hydrogen-bond donors (Lipinski definition) is 1. The standard InChI is InChI=1S/C20H25F2N3O3.ClH/c1-2-15-13-23-7-10-25(15)20(26)28-14-16-17(21)5-6-18(19(16)22)27-12-11-24-8-3-4-9-24;/h3-6,8-9,15,23H,2,7,10-14H2,1H3;1H/t15-;/m1./s1. The fraction of sp³-hybridized carbons (Fsp3) is 0.450. The van der Waals surface area contributed by atoms with E-state index in [9.17, 15) is 13.6 Å². The van der Waals surface area contributed by atoms with Crippen LogP contribution in [0.15, 0.2) is 36.7 Å². The lowest BCUT2D eigenvalue weighted by atomic mass is 10.1. The molecule has 1 aromatic heterocycles. The quantitative estimate of drug-likeness (QED) is 0.730. The lowest BCUT2D eigenvalue weighted by Gasteiger charge is -2.34. The van der Waals surface area contributed by atoms with E-state index in [-0.39, 0.29) is 36.4 Å². The van der Waals surface area contributed by atoms with Crippen molar-refractivity contribution in [2.45, 2.75) is 32.5 Å². The first-order valence-electron chi connectivity index (χ1n) is 9.44. The Kier molecular flexibility index (Phi) is 8.72. The largest absolute Gasteiger partial charge is 0.489 e. The summed E-state index contributed by atoms with van der Waals surface area (Å²) in [6.07, 6.45) is 3.95. The molecule has 1 aliphatic rings. The van der Waals surface area contributed by atoms with Crippen LogP contribution in [-0.2, 0) is 17.9 Å². The molecule has 0 bridgehead atoms. The van der Waals surface area contributed by atoms with Gasteiger partial charge in [-0.2, -0.15) is 0 Å². The van der Waals surface area contributed by atoms with Crippen LogP contribution >= 0.6 is 12.4 Å². The molecule has 1 N–H and O–H groups in total. The number of carbonyl (C=O) groups is 1. The molecule has 1 aliphatic heterocycles. The maximum atomic E-state index is 14.6. The Morgan fingerprint density at radius 2 is 2.03 bits per heavy atom. The van der Waals surface area contributed by atoms with Gasteiger partial charge in [0.15, 0.2) is 11.6 Å². The van der Waals surface area contributed by atoms with Gasteiger partial charge in [0.2, 0.25) is 0 Å². The third-order valence-electron chi connectivity index (χ3n) is 4.82. The summed E-state index contributed by atoms with van der Waals surface area (Å²) >= 11 is 0. The number of nitrogens with zero attached hydrogens (tertiary/aromatic N) is 2. The first-order valence-corrected chi connectivity index (χ1v) is 9.44. The molecule has 1 aromatic carbocycles. The highest BCUT2D eigenvalue weighted by atomic mass is 35.5. The number of carbonyl (C=O) groups excluding carboxylic acids is 1. The van der Waals surface area contributed by atoms with Crippen molar-refractivity contribution in [1.82, 2.24) is 14.8 Å². The molecular weight excluding hydrogens is 404 g/mol. The molecular formula is C20H26ClF2N3O3. The summed E-state index contributed by atoms with van der Waals surface area (Å²) in [6, 6.07) is 6.14. The van der Waals surface area contributed by atoms with Crippen molar-refractivity contribution < 1.29 is 23.0 Å². The Balaban J connectivity index is 0.00000300. The smallest absolute Gasteiger partial charge is 0.410 e. The summed E-state index contributed by atoms with van der Waals surface area (Å²) in [4.78, 5) is 13.9. The van der Waals surface area contributed by atoms with Gasteiger partial charge in [0.1, 0.15) is 19.0 Å². The molecule has 1 fully saturated rings. The number of ether oxygens (including phenoxy) is 2. The summed E-state index contributed by atoms with van der Waals surface area (Å²) < 4.78 is 41.3. The van der Waals surface area contributed by atoms with Crippen LogP contribution in [0.3, 0.4) is 0 Å². The molecule has 2 aromatic rings. The van der Waals surface area contributed by atoms with Gasteiger partial charge >= 0.3 is 6.09 Å². The number of rotatable bonds is 7. The predicted octanol–water partition coefficient (Wildman–Crippen LogP) is 3.59. The minimum absolute atomic E-state index is 0. The molecule has 29 heavy (non-hydrogen) atoms. The van der Waals surface area contributed by atoms with Crippen molar-refractivity contribution in [2.24, 2.45) is 0 Å². The molecule has 1 atom stereocenters. The number of amides is 1. The molecule has 3 rings (SSSR count). The maximum Gasteiger partial charge on any atom is 0.410 e. The van der Waals surface area contributed by atoms with Crippen LogP contribution in [0.4, 0.5) is 13.6 Å². The maximum absolute atomic E-state index is 14.6. The summed E-state index contributed by atoms with van der Waals surface area (Å²) in [5, 5.41) is 3.21. The van der Waals surface area contributed by atoms with Gasteiger partial charge < -0.3 is 24.3 Å². The Labute approximate surface area is 175 Å². The second kappa shape index (κ2) is 11.0. The van der Waals surface area contributed by atoms with Crippen LogP contribution < -0.4 is 10.1 Å². The number of aromatic nitrogens is 1. The fourth-order valence-corrected chi connectivity index (χ4v) is 3.18. The van der Waals surface area contributed by atoms with E-state index in [1.165, 1.54) is 6.07 Å². The lowest BCUT2D eigenvalue weighted by molar-refractivity contribution is 0.0697. The monoisotopic (exact) mass is 429 g/mol. The Bertz CT molecular complexity index is 790. The first kappa shape index (κ1) is 23.0. The molecule has 2 heterocycles. The zero-order chi connectivity index (χ0) is 19.9. The van der Waals surface area contributed by atoms with Gasteiger partial charge in [0, 0.05) is 38.1 Å². The fourth-order valence-electron chi connectivity index (χ4n) is 3.18. The number of piperazine rings is 1. The number of halogens is 3. The van der Waals surface area contributed by atoms with Gasteiger partial charge in [-0.05, 0) is 30.7 Å². The lowest BCUT2D eigenvalue weighted by Crippen LogP contribution is -2.53. The summed E-state index contributed by atoms with van der Waals surface area (Å²) in [6.45, 7) is 4.12. The highest BCUT2D eigenvalue weighted by molar-refractivity contribution is 5.85. The Morgan fingerprint density at radius 3 is 2.76 bits per heavy atom. The van der Waals surface area contributed by atoms with Crippen molar-refractivity contribution in [1.29, 1.82) is 0 Å². The predicted molar refractivity (Wildman–Crippen MR) is 107 cm³/mol. The van der Waals surface area contributed by atoms with Crippen LogP contribution in [0.1, 0.15) is 18.9 Å². The van der Waals surface area contributed by atoms with E-state index >= 15 is 0 Å².